The Morgan fingerprint density at radius 3 is 2.27 bits per heavy atom. The van der Waals surface area contributed by atoms with Crippen LogP contribution in [0.3, 0.4) is 0 Å². The van der Waals surface area contributed by atoms with Gasteiger partial charge in [-0.1, -0.05) is 23.2 Å². The molecule has 0 unspecified atom stereocenters. The van der Waals surface area contributed by atoms with E-state index in [9.17, 15) is 13.2 Å². The maximum absolute atomic E-state index is 12.9. The minimum absolute atomic E-state index is 0.0971. The van der Waals surface area contributed by atoms with Crippen LogP contribution in [0.15, 0.2) is 41.3 Å². The summed E-state index contributed by atoms with van der Waals surface area (Å²) in [5.41, 5.74) is 0.484. The lowest BCUT2D eigenvalue weighted by molar-refractivity contribution is -0.120. The molecule has 1 aliphatic rings. The average Bonchev–Trinajstić information content (AvgIpc) is 2.74. The van der Waals surface area contributed by atoms with Gasteiger partial charge in [-0.2, -0.15) is 4.31 Å². The number of hydrogen-bond acceptors (Lipinski definition) is 5. The molecule has 0 aromatic heterocycles. The van der Waals surface area contributed by atoms with Crippen molar-refractivity contribution in [2.45, 2.75) is 17.7 Å². The number of hydrogen-bond donors (Lipinski definition) is 1. The molecule has 1 amide bonds. The summed E-state index contributed by atoms with van der Waals surface area (Å²) in [4.78, 5) is 12.8. The maximum atomic E-state index is 12.9. The number of amides is 1. The Bertz CT molecular complexity index is 1040. The molecule has 0 atom stereocenters. The molecule has 2 aromatic carbocycles. The molecule has 0 saturated carbocycles. The molecule has 162 valence electrons. The number of methoxy groups -OCH3 is 2. The van der Waals surface area contributed by atoms with Gasteiger partial charge in [-0.05, 0) is 49.2 Å². The van der Waals surface area contributed by atoms with E-state index >= 15 is 0 Å². The number of carbonyl (C=O) groups excluding carboxylic acids is 1. The molecule has 3 rings (SSSR count). The molecular weight excluding hydrogens is 451 g/mol. The first-order valence-electron chi connectivity index (χ1n) is 9.24. The third-order valence-corrected chi connectivity index (χ3v) is 7.43. The number of ether oxygens (including phenoxy) is 2. The quantitative estimate of drug-likeness (QED) is 0.685. The molecule has 0 aliphatic carbocycles. The van der Waals surface area contributed by atoms with Crippen LogP contribution < -0.4 is 14.8 Å². The molecule has 1 aliphatic heterocycles. The molecule has 2 aromatic rings. The van der Waals surface area contributed by atoms with Crippen LogP contribution in [0.5, 0.6) is 11.5 Å². The Labute approximate surface area is 185 Å². The SMILES string of the molecule is COc1ccc(S(=O)(=O)N2CCC(C(=O)Nc3cc(Cl)ccc3OC)CC2)cc1Cl. The second kappa shape index (κ2) is 9.43. The first kappa shape index (κ1) is 22.7. The van der Waals surface area contributed by atoms with Gasteiger partial charge < -0.3 is 14.8 Å². The van der Waals surface area contributed by atoms with Crippen LogP contribution in [0.4, 0.5) is 5.69 Å². The lowest BCUT2D eigenvalue weighted by atomic mass is 9.97. The zero-order valence-electron chi connectivity index (χ0n) is 16.5. The van der Waals surface area contributed by atoms with Crippen molar-refractivity contribution in [1.29, 1.82) is 0 Å². The van der Waals surface area contributed by atoms with Gasteiger partial charge in [-0.15, -0.1) is 0 Å². The smallest absolute Gasteiger partial charge is 0.243 e. The highest BCUT2D eigenvalue weighted by atomic mass is 35.5. The number of benzene rings is 2. The first-order chi connectivity index (χ1) is 14.3. The van der Waals surface area contributed by atoms with Crippen LogP contribution in [-0.4, -0.2) is 45.9 Å². The van der Waals surface area contributed by atoms with Gasteiger partial charge in [-0.25, -0.2) is 8.42 Å². The number of nitrogens with zero attached hydrogens (tertiary/aromatic N) is 1. The summed E-state index contributed by atoms with van der Waals surface area (Å²) < 4.78 is 37.5. The topological polar surface area (TPSA) is 84.9 Å². The highest BCUT2D eigenvalue weighted by Gasteiger charge is 2.32. The largest absolute Gasteiger partial charge is 0.495 e. The summed E-state index contributed by atoms with van der Waals surface area (Å²) >= 11 is 12.1. The van der Waals surface area contributed by atoms with E-state index in [0.29, 0.717) is 35.1 Å². The molecule has 1 heterocycles. The summed E-state index contributed by atoms with van der Waals surface area (Å²) in [5.74, 6) is 0.395. The van der Waals surface area contributed by atoms with Gasteiger partial charge in [0.2, 0.25) is 15.9 Å². The van der Waals surface area contributed by atoms with E-state index in [1.54, 1.807) is 18.2 Å². The highest BCUT2D eigenvalue weighted by molar-refractivity contribution is 7.89. The standard InChI is InChI=1S/C20H22Cl2N2O5S/c1-28-18-6-4-15(12-16(18)22)30(26,27)24-9-7-13(8-10-24)20(25)23-17-11-14(21)3-5-19(17)29-2/h3-6,11-13H,7-10H2,1-2H3,(H,23,25). The van der Waals surface area contributed by atoms with Gasteiger partial charge in [0.25, 0.3) is 0 Å². The number of sulfonamides is 1. The Morgan fingerprint density at radius 1 is 1.03 bits per heavy atom. The van der Waals surface area contributed by atoms with Crippen LogP contribution >= 0.6 is 23.2 Å². The van der Waals surface area contributed by atoms with Crippen molar-refractivity contribution in [2.75, 3.05) is 32.6 Å². The maximum Gasteiger partial charge on any atom is 0.243 e. The summed E-state index contributed by atoms with van der Waals surface area (Å²) in [6.07, 6.45) is 0.801. The Kier molecular flexibility index (Phi) is 7.13. The van der Waals surface area contributed by atoms with Crippen LogP contribution in [0.25, 0.3) is 0 Å². The predicted octanol–water partition coefficient (Wildman–Crippen LogP) is 4.05. The Morgan fingerprint density at radius 2 is 1.67 bits per heavy atom. The van der Waals surface area contributed by atoms with Crippen molar-refractivity contribution in [1.82, 2.24) is 4.31 Å². The minimum Gasteiger partial charge on any atom is -0.495 e. The van der Waals surface area contributed by atoms with Gasteiger partial charge >= 0.3 is 0 Å². The third kappa shape index (κ3) is 4.83. The number of anilines is 1. The van der Waals surface area contributed by atoms with Gasteiger partial charge in [0.1, 0.15) is 11.5 Å². The molecule has 10 heteroatoms. The fourth-order valence-electron chi connectivity index (χ4n) is 3.33. The summed E-state index contributed by atoms with van der Waals surface area (Å²) in [5, 5.41) is 3.53. The van der Waals surface area contributed by atoms with E-state index < -0.39 is 10.0 Å². The minimum atomic E-state index is -3.71. The molecular formula is C20H22Cl2N2O5S. The number of halogens is 2. The van der Waals surface area contributed by atoms with Gasteiger partial charge in [0.15, 0.2) is 0 Å². The summed E-state index contributed by atoms with van der Waals surface area (Å²) in [6, 6.07) is 9.32. The molecule has 7 nitrogen and oxygen atoms in total. The lowest BCUT2D eigenvalue weighted by Gasteiger charge is -2.30. The van der Waals surface area contributed by atoms with Gasteiger partial charge in [0.05, 0.1) is 29.8 Å². The average molecular weight is 473 g/mol. The van der Waals surface area contributed by atoms with E-state index in [1.165, 1.54) is 36.7 Å². The number of piperidine rings is 1. The second-order valence-electron chi connectivity index (χ2n) is 6.81. The van der Waals surface area contributed by atoms with Crippen molar-refractivity contribution in [3.8, 4) is 11.5 Å². The molecule has 1 N–H and O–H groups in total. The molecule has 30 heavy (non-hydrogen) atoms. The van der Waals surface area contributed by atoms with Crippen LogP contribution in [0.1, 0.15) is 12.8 Å². The molecule has 1 saturated heterocycles. The third-order valence-electron chi connectivity index (χ3n) is 5.01. The van der Waals surface area contributed by atoms with Crippen molar-refractivity contribution < 1.29 is 22.7 Å². The molecule has 0 bridgehead atoms. The fourth-order valence-corrected chi connectivity index (χ4v) is 5.32. The van der Waals surface area contributed by atoms with E-state index in [1.807, 2.05) is 0 Å². The molecule has 1 fully saturated rings. The van der Waals surface area contributed by atoms with Crippen molar-refractivity contribution in [3.05, 3.63) is 46.4 Å². The van der Waals surface area contributed by atoms with E-state index in [0.717, 1.165) is 0 Å². The Balaban J connectivity index is 1.66. The molecule has 0 radical (unpaired) electrons. The van der Waals surface area contributed by atoms with Crippen LogP contribution in [0.2, 0.25) is 10.0 Å². The van der Waals surface area contributed by atoms with Crippen LogP contribution in [0, 0.1) is 5.92 Å². The predicted molar refractivity (Wildman–Crippen MR) is 116 cm³/mol. The zero-order chi connectivity index (χ0) is 21.9. The lowest BCUT2D eigenvalue weighted by Crippen LogP contribution is -2.41. The summed E-state index contributed by atoms with van der Waals surface area (Å²) in [7, 11) is -0.740. The van der Waals surface area contributed by atoms with E-state index in [2.05, 4.69) is 5.32 Å². The van der Waals surface area contributed by atoms with Crippen molar-refractivity contribution in [3.63, 3.8) is 0 Å². The first-order valence-corrected chi connectivity index (χ1v) is 11.4. The van der Waals surface area contributed by atoms with Crippen molar-refractivity contribution in [2.24, 2.45) is 5.92 Å². The second-order valence-corrected chi connectivity index (χ2v) is 9.59. The number of carbonyl (C=O) groups is 1. The summed E-state index contributed by atoms with van der Waals surface area (Å²) in [6.45, 7) is 0.466. The zero-order valence-corrected chi connectivity index (χ0v) is 18.9. The van der Waals surface area contributed by atoms with E-state index in [-0.39, 0.29) is 34.8 Å². The fraction of sp³-hybridized carbons (Fsp3) is 0.350. The highest BCUT2D eigenvalue weighted by Crippen LogP contribution is 2.32. The number of nitrogens with one attached hydrogen (secondary N) is 1. The van der Waals surface area contributed by atoms with Crippen molar-refractivity contribution >= 4 is 44.8 Å². The Hall–Kier alpha value is -2.00. The normalized spacial score (nSPS) is 15.6. The van der Waals surface area contributed by atoms with Gasteiger partial charge in [0, 0.05) is 24.0 Å². The number of rotatable bonds is 6. The van der Waals surface area contributed by atoms with E-state index in [4.69, 9.17) is 32.7 Å². The monoisotopic (exact) mass is 472 g/mol. The molecule has 0 spiro atoms. The van der Waals surface area contributed by atoms with Crippen LogP contribution in [-0.2, 0) is 14.8 Å². The van der Waals surface area contributed by atoms with Gasteiger partial charge in [-0.3, -0.25) is 4.79 Å².